The standard InChI is InChI=1S/C29H39ClN6O2Si/c1-19-24(13-10-22(18-31)25(19)30)33-26(20(2)38-39(6,7)29(3,4)5)28-35-34-27(37-28)21-8-11-23(12-9-21)36-16-14-32-15-17-36/h8-13,20,26,32-33H,14-17H2,1-7H3. The zero-order valence-corrected chi connectivity index (χ0v) is 25.7. The van der Waals surface area contributed by atoms with E-state index in [0.29, 0.717) is 22.4 Å². The number of nitrogens with one attached hydrogen (secondary N) is 2. The molecular formula is C29H39ClN6O2Si. The first-order valence-corrected chi connectivity index (χ1v) is 16.7. The summed E-state index contributed by atoms with van der Waals surface area (Å²) in [6.07, 6.45) is -0.275. The Morgan fingerprint density at radius 3 is 2.41 bits per heavy atom. The van der Waals surface area contributed by atoms with Gasteiger partial charge in [0.2, 0.25) is 11.8 Å². The molecule has 2 aromatic carbocycles. The number of nitriles is 1. The van der Waals surface area contributed by atoms with Gasteiger partial charge in [0.05, 0.1) is 16.7 Å². The third kappa shape index (κ3) is 6.47. The Morgan fingerprint density at radius 2 is 1.79 bits per heavy atom. The Bertz CT molecular complexity index is 1320. The molecule has 1 aliphatic rings. The first-order chi connectivity index (χ1) is 18.4. The maximum Gasteiger partial charge on any atom is 0.247 e. The highest BCUT2D eigenvalue weighted by molar-refractivity contribution is 6.74. The maximum absolute atomic E-state index is 9.38. The molecule has 3 aromatic rings. The number of halogens is 1. The van der Waals surface area contributed by atoms with Crippen LogP contribution >= 0.6 is 11.6 Å². The molecule has 2 atom stereocenters. The van der Waals surface area contributed by atoms with Crippen molar-refractivity contribution in [3.8, 4) is 17.5 Å². The highest BCUT2D eigenvalue weighted by Gasteiger charge is 2.41. The number of rotatable bonds is 8. The van der Waals surface area contributed by atoms with E-state index in [0.717, 1.165) is 43.0 Å². The number of hydrogen-bond donors (Lipinski definition) is 2. The second-order valence-electron chi connectivity index (χ2n) is 11.6. The normalized spacial score (nSPS) is 16.0. The predicted molar refractivity (Wildman–Crippen MR) is 160 cm³/mol. The molecule has 208 valence electrons. The van der Waals surface area contributed by atoms with Crippen LogP contribution in [0.4, 0.5) is 11.4 Å². The van der Waals surface area contributed by atoms with Crippen LogP contribution in [0.3, 0.4) is 0 Å². The van der Waals surface area contributed by atoms with Crippen LogP contribution in [0, 0.1) is 18.3 Å². The first kappa shape index (κ1) is 29.1. The van der Waals surface area contributed by atoms with Crippen LogP contribution in [0.15, 0.2) is 40.8 Å². The molecular weight excluding hydrogens is 528 g/mol. The van der Waals surface area contributed by atoms with E-state index in [1.165, 1.54) is 5.69 Å². The van der Waals surface area contributed by atoms with Crippen molar-refractivity contribution in [1.82, 2.24) is 15.5 Å². The largest absolute Gasteiger partial charge is 0.418 e. The Hall–Kier alpha value is -2.90. The number of nitrogens with zero attached hydrogens (tertiary/aromatic N) is 4. The smallest absolute Gasteiger partial charge is 0.247 e. The molecule has 0 aliphatic carbocycles. The van der Waals surface area contributed by atoms with Crippen molar-refractivity contribution < 1.29 is 8.84 Å². The van der Waals surface area contributed by atoms with E-state index in [1.54, 1.807) is 6.07 Å². The minimum Gasteiger partial charge on any atom is -0.418 e. The molecule has 2 unspecified atom stereocenters. The van der Waals surface area contributed by atoms with Gasteiger partial charge in [-0.15, -0.1) is 10.2 Å². The highest BCUT2D eigenvalue weighted by Crippen LogP contribution is 2.40. The maximum atomic E-state index is 9.38. The minimum atomic E-state index is -2.11. The van der Waals surface area contributed by atoms with Crippen LogP contribution in [0.5, 0.6) is 0 Å². The van der Waals surface area contributed by atoms with E-state index in [1.807, 2.05) is 32.0 Å². The van der Waals surface area contributed by atoms with Crippen molar-refractivity contribution in [2.75, 3.05) is 36.4 Å². The van der Waals surface area contributed by atoms with Crippen LogP contribution in [-0.2, 0) is 4.43 Å². The quantitative estimate of drug-likeness (QED) is 0.296. The van der Waals surface area contributed by atoms with E-state index < -0.39 is 14.4 Å². The van der Waals surface area contributed by atoms with Crippen molar-refractivity contribution >= 4 is 31.3 Å². The van der Waals surface area contributed by atoms with Gasteiger partial charge in [-0.2, -0.15) is 5.26 Å². The van der Waals surface area contributed by atoms with Gasteiger partial charge in [0.25, 0.3) is 0 Å². The van der Waals surface area contributed by atoms with E-state index in [9.17, 15) is 5.26 Å². The van der Waals surface area contributed by atoms with Gasteiger partial charge in [-0.05, 0) is 73.9 Å². The molecule has 4 rings (SSSR count). The Kier molecular flexibility index (Phi) is 8.71. The van der Waals surface area contributed by atoms with Crippen LogP contribution in [0.1, 0.15) is 50.8 Å². The van der Waals surface area contributed by atoms with E-state index in [2.05, 4.69) is 77.8 Å². The SMILES string of the molecule is Cc1c(NC(c2nnc(-c3ccc(N4CCNCC4)cc3)o2)C(C)O[Si](C)(C)C(C)(C)C)ccc(C#N)c1Cl. The zero-order chi connectivity index (χ0) is 28.4. The van der Waals surface area contributed by atoms with Crippen molar-refractivity contribution in [3.63, 3.8) is 0 Å². The van der Waals surface area contributed by atoms with Gasteiger partial charge in [0, 0.05) is 43.1 Å². The molecule has 1 saturated heterocycles. The van der Waals surface area contributed by atoms with Crippen molar-refractivity contribution in [3.05, 3.63) is 58.4 Å². The van der Waals surface area contributed by atoms with Crippen LogP contribution in [0.2, 0.25) is 23.2 Å². The summed E-state index contributed by atoms with van der Waals surface area (Å²) < 4.78 is 13.0. The van der Waals surface area contributed by atoms with Gasteiger partial charge >= 0.3 is 0 Å². The third-order valence-electron chi connectivity index (χ3n) is 7.88. The van der Waals surface area contributed by atoms with Gasteiger partial charge < -0.3 is 24.4 Å². The summed E-state index contributed by atoms with van der Waals surface area (Å²) in [6, 6.07) is 13.5. The minimum absolute atomic E-state index is 0.0334. The molecule has 39 heavy (non-hydrogen) atoms. The lowest BCUT2D eigenvalue weighted by Crippen LogP contribution is -2.45. The number of piperazine rings is 1. The number of aromatic nitrogens is 2. The molecule has 1 aromatic heterocycles. The van der Waals surface area contributed by atoms with Gasteiger partial charge in [0.15, 0.2) is 8.32 Å². The highest BCUT2D eigenvalue weighted by atomic mass is 35.5. The van der Waals surface area contributed by atoms with E-state index >= 15 is 0 Å². The fourth-order valence-corrected chi connectivity index (χ4v) is 6.03. The third-order valence-corrected chi connectivity index (χ3v) is 12.9. The summed E-state index contributed by atoms with van der Waals surface area (Å²) in [5.41, 5.74) is 4.05. The Labute approximate surface area is 237 Å². The molecule has 0 saturated carbocycles. The molecule has 1 aliphatic heterocycles. The summed E-state index contributed by atoms with van der Waals surface area (Å²) in [5.74, 6) is 0.889. The molecule has 0 amide bonds. The van der Waals surface area contributed by atoms with Crippen LogP contribution in [-0.4, -0.2) is 50.8 Å². The molecule has 10 heteroatoms. The molecule has 8 nitrogen and oxygen atoms in total. The van der Waals surface area contributed by atoms with Crippen LogP contribution in [0.25, 0.3) is 11.5 Å². The predicted octanol–water partition coefficient (Wildman–Crippen LogP) is 6.54. The topological polar surface area (TPSA) is 99.2 Å². The van der Waals surface area contributed by atoms with Gasteiger partial charge in [-0.3, -0.25) is 0 Å². The van der Waals surface area contributed by atoms with Gasteiger partial charge in [-0.25, -0.2) is 0 Å². The van der Waals surface area contributed by atoms with Gasteiger partial charge in [0.1, 0.15) is 12.1 Å². The van der Waals surface area contributed by atoms with E-state index in [4.69, 9.17) is 20.4 Å². The molecule has 0 radical (unpaired) electrons. The van der Waals surface area contributed by atoms with Crippen molar-refractivity contribution in [2.45, 2.75) is 64.9 Å². The summed E-state index contributed by atoms with van der Waals surface area (Å²) in [4.78, 5) is 2.37. The lowest BCUT2D eigenvalue weighted by atomic mass is 10.1. The molecule has 1 fully saturated rings. The lowest BCUT2D eigenvalue weighted by Gasteiger charge is -2.40. The zero-order valence-electron chi connectivity index (χ0n) is 23.9. The fraction of sp³-hybridized carbons (Fsp3) is 0.483. The second kappa shape index (κ2) is 11.7. The Morgan fingerprint density at radius 1 is 1.13 bits per heavy atom. The summed E-state index contributed by atoms with van der Waals surface area (Å²) in [7, 11) is -2.11. The molecule has 2 heterocycles. The van der Waals surface area contributed by atoms with E-state index in [-0.39, 0.29) is 11.1 Å². The average molecular weight is 567 g/mol. The van der Waals surface area contributed by atoms with Crippen molar-refractivity contribution in [2.24, 2.45) is 0 Å². The second-order valence-corrected chi connectivity index (χ2v) is 16.8. The monoisotopic (exact) mass is 566 g/mol. The first-order valence-electron chi connectivity index (χ1n) is 13.4. The number of benzene rings is 2. The summed E-state index contributed by atoms with van der Waals surface area (Å²) in [5, 5.41) is 25.6. The average Bonchev–Trinajstić information content (AvgIpc) is 3.39. The summed E-state index contributed by atoms with van der Waals surface area (Å²) in [6.45, 7) is 19.0. The van der Waals surface area contributed by atoms with Crippen LogP contribution < -0.4 is 15.5 Å². The lowest BCUT2D eigenvalue weighted by molar-refractivity contribution is 0.166. The van der Waals surface area contributed by atoms with Crippen molar-refractivity contribution in [1.29, 1.82) is 5.26 Å². The molecule has 0 spiro atoms. The molecule has 2 N–H and O–H groups in total. The van der Waals surface area contributed by atoms with Gasteiger partial charge in [-0.1, -0.05) is 32.4 Å². The number of hydrogen-bond acceptors (Lipinski definition) is 8. The molecule has 0 bridgehead atoms. The Balaban J connectivity index is 1.64. The number of anilines is 2. The fourth-order valence-electron chi connectivity index (χ4n) is 4.40. The summed E-state index contributed by atoms with van der Waals surface area (Å²) >= 11 is 6.48.